The molecule has 6 heteroatoms. The van der Waals surface area contributed by atoms with Crippen LogP contribution in [0.15, 0.2) is 36.5 Å². The summed E-state index contributed by atoms with van der Waals surface area (Å²) in [5, 5.41) is 17.9. The van der Waals surface area contributed by atoms with Crippen molar-refractivity contribution < 1.29 is 19.7 Å². The molecule has 2 N–H and O–H groups in total. The molecule has 1 aromatic carbocycles. The highest BCUT2D eigenvalue weighted by atomic mass is 35.5. The summed E-state index contributed by atoms with van der Waals surface area (Å²) in [6.45, 7) is -0.101. The first kappa shape index (κ1) is 13.3. The van der Waals surface area contributed by atoms with Crippen LogP contribution in [-0.2, 0) is 6.61 Å². The maximum absolute atomic E-state index is 10.7. The fourth-order valence-corrected chi connectivity index (χ4v) is 1.64. The third kappa shape index (κ3) is 3.21. The molecule has 0 fully saturated rings. The molecule has 0 bridgehead atoms. The number of carbonyl (C=O) groups is 1. The van der Waals surface area contributed by atoms with E-state index in [1.165, 1.54) is 12.3 Å². The van der Waals surface area contributed by atoms with Crippen molar-refractivity contribution in [3.63, 3.8) is 0 Å². The normalized spacial score (nSPS) is 10.2. The molecule has 0 amide bonds. The monoisotopic (exact) mass is 279 g/mol. The van der Waals surface area contributed by atoms with Crippen LogP contribution in [0.25, 0.3) is 0 Å². The van der Waals surface area contributed by atoms with E-state index in [9.17, 15) is 4.79 Å². The summed E-state index contributed by atoms with van der Waals surface area (Å²) in [4.78, 5) is 14.6. The number of aliphatic hydroxyl groups excluding tert-OH is 1. The van der Waals surface area contributed by atoms with Crippen LogP contribution in [0.1, 0.15) is 15.9 Å². The predicted molar refractivity (Wildman–Crippen MR) is 68.6 cm³/mol. The zero-order chi connectivity index (χ0) is 13.8. The van der Waals surface area contributed by atoms with Crippen LogP contribution < -0.4 is 4.74 Å². The molecule has 5 nitrogen and oxygen atoms in total. The molecule has 2 rings (SSSR count). The molecule has 98 valence electrons. The minimum absolute atomic E-state index is 0.0125. The van der Waals surface area contributed by atoms with E-state index in [0.29, 0.717) is 11.3 Å². The average molecular weight is 280 g/mol. The number of nitrogens with zero attached hydrogens (tertiary/aromatic N) is 1. The van der Waals surface area contributed by atoms with E-state index in [2.05, 4.69) is 4.98 Å². The van der Waals surface area contributed by atoms with Gasteiger partial charge in [0.1, 0.15) is 10.8 Å². The molecule has 0 saturated heterocycles. The maximum Gasteiger partial charge on any atom is 0.337 e. The zero-order valence-corrected chi connectivity index (χ0v) is 10.5. The third-order valence-electron chi connectivity index (χ3n) is 2.35. The fraction of sp³-hybridized carbons (Fsp3) is 0.0769. The van der Waals surface area contributed by atoms with E-state index in [4.69, 9.17) is 26.6 Å². The summed E-state index contributed by atoms with van der Waals surface area (Å²) in [6.07, 6.45) is 1.17. The van der Waals surface area contributed by atoms with E-state index >= 15 is 0 Å². The molecular weight excluding hydrogens is 270 g/mol. The number of carboxylic acids is 1. The van der Waals surface area contributed by atoms with Crippen LogP contribution in [-0.4, -0.2) is 21.2 Å². The lowest BCUT2D eigenvalue weighted by atomic mass is 10.2. The van der Waals surface area contributed by atoms with E-state index in [1.54, 1.807) is 24.3 Å². The van der Waals surface area contributed by atoms with Crippen molar-refractivity contribution in [2.45, 2.75) is 6.61 Å². The second kappa shape index (κ2) is 5.69. The first-order chi connectivity index (χ1) is 9.10. The lowest BCUT2D eigenvalue weighted by Gasteiger charge is -2.07. The Labute approximate surface area is 114 Å². The molecule has 0 aliphatic carbocycles. The summed E-state index contributed by atoms with van der Waals surface area (Å²) in [5.74, 6) is -0.533. The number of hydrogen-bond donors (Lipinski definition) is 2. The van der Waals surface area contributed by atoms with E-state index < -0.39 is 5.97 Å². The highest BCUT2D eigenvalue weighted by molar-refractivity contribution is 6.32. The molecule has 0 saturated carbocycles. The number of aromatic nitrogens is 1. The highest BCUT2D eigenvalue weighted by Gasteiger charge is 2.10. The van der Waals surface area contributed by atoms with Gasteiger partial charge >= 0.3 is 5.97 Å². The average Bonchev–Trinajstić information content (AvgIpc) is 2.41. The van der Waals surface area contributed by atoms with Gasteiger partial charge in [-0.25, -0.2) is 9.78 Å². The number of pyridine rings is 1. The van der Waals surface area contributed by atoms with Crippen molar-refractivity contribution in [3.05, 3.63) is 52.7 Å². The minimum Gasteiger partial charge on any atom is -0.478 e. The van der Waals surface area contributed by atoms with Gasteiger partial charge in [0.2, 0.25) is 5.88 Å². The first-order valence-corrected chi connectivity index (χ1v) is 5.74. The van der Waals surface area contributed by atoms with Crippen molar-refractivity contribution in [2.24, 2.45) is 0 Å². The molecule has 1 heterocycles. The van der Waals surface area contributed by atoms with Gasteiger partial charge in [0, 0.05) is 6.20 Å². The molecule has 0 aliphatic heterocycles. The lowest BCUT2D eigenvalue weighted by Crippen LogP contribution is -1.98. The Morgan fingerprint density at radius 3 is 2.79 bits per heavy atom. The van der Waals surface area contributed by atoms with Crippen molar-refractivity contribution in [1.82, 2.24) is 4.98 Å². The van der Waals surface area contributed by atoms with Crippen molar-refractivity contribution in [1.29, 1.82) is 0 Å². The lowest BCUT2D eigenvalue weighted by molar-refractivity contribution is 0.0696. The second-order valence-corrected chi connectivity index (χ2v) is 4.13. The molecule has 2 aromatic rings. The minimum atomic E-state index is -1.11. The maximum atomic E-state index is 10.7. The largest absolute Gasteiger partial charge is 0.478 e. The predicted octanol–water partition coefficient (Wildman–Crippen LogP) is 2.72. The number of aliphatic hydroxyl groups is 1. The van der Waals surface area contributed by atoms with E-state index in [1.807, 2.05) is 0 Å². The number of rotatable bonds is 4. The van der Waals surface area contributed by atoms with Crippen LogP contribution in [0, 0.1) is 0 Å². The van der Waals surface area contributed by atoms with Crippen LogP contribution in [0.3, 0.4) is 0 Å². The summed E-state index contributed by atoms with van der Waals surface area (Å²) in [6, 6.07) is 8.06. The summed E-state index contributed by atoms with van der Waals surface area (Å²) in [5.41, 5.74) is 0.678. The van der Waals surface area contributed by atoms with Gasteiger partial charge in [-0.3, -0.25) is 0 Å². The van der Waals surface area contributed by atoms with Crippen molar-refractivity contribution in [2.75, 3.05) is 0 Å². The molecule has 1 aromatic heterocycles. The summed E-state index contributed by atoms with van der Waals surface area (Å²) >= 11 is 5.90. The Morgan fingerprint density at radius 2 is 2.16 bits per heavy atom. The van der Waals surface area contributed by atoms with Crippen LogP contribution in [0.5, 0.6) is 11.6 Å². The molecule has 0 aliphatic rings. The van der Waals surface area contributed by atoms with Gasteiger partial charge in [0.25, 0.3) is 0 Å². The number of benzene rings is 1. The summed E-state index contributed by atoms with van der Waals surface area (Å²) < 4.78 is 5.44. The Kier molecular flexibility index (Phi) is 3.99. The number of aromatic carboxylic acids is 1. The van der Waals surface area contributed by atoms with Gasteiger partial charge in [0.15, 0.2) is 0 Å². The number of carboxylic acid groups (broad SMARTS) is 1. The van der Waals surface area contributed by atoms with Gasteiger partial charge in [-0.1, -0.05) is 23.7 Å². The standard InChI is InChI=1S/C13H10ClNO4/c14-11-5-9(13(17)18)6-15-12(11)19-10-3-1-2-8(4-10)7-16/h1-6,16H,7H2,(H,17,18). The molecule has 0 atom stereocenters. The van der Waals surface area contributed by atoms with E-state index in [0.717, 1.165) is 0 Å². The smallest absolute Gasteiger partial charge is 0.337 e. The van der Waals surface area contributed by atoms with Crippen molar-refractivity contribution in [3.8, 4) is 11.6 Å². The molecular formula is C13H10ClNO4. The molecule has 0 unspecified atom stereocenters. The number of ether oxygens (including phenoxy) is 1. The van der Waals surface area contributed by atoms with Gasteiger partial charge in [0.05, 0.1) is 12.2 Å². The van der Waals surface area contributed by atoms with Gasteiger partial charge < -0.3 is 14.9 Å². The SMILES string of the molecule is O=C(O)c1cnc(Oc2cccc(CO)c2)c(Cl)c1. The fourth-order valence-electron chi connectivity index (χ4n) is 1.44. The second-order valence-electron chi connectivity index (χ2n) is 3.72. The molecule has 0 radical (unpaired) electrons. The summed E-state index contributed by atoms with van der Waals surface area (Å²) in [7, 11) is 0. The third-order valence-corrected chi connectivity index (χ3v) is 2.62. The van der Waals surface area contributed by atoms with Crippen LogP contribution in [0.4, 0.5) is 0 Å². The zero-order valence-electron chi connectivity index (χ0n) is 9.71. The molecule has 0 spiro atoms. The Balaban J connectivity index is 2.25. The highest BCUT2D eigenvalue weighted by Crippen LogP contribution is 2.28. The van der Waals surface area contributed by atoms with Crippen LogP contribution >= 0.6 is 11.6 Å². The van der Waals surface area contributed by atoms with Crippen LogP contribution in [0.2, 0.25) is 5.02 Å². The van der Waals surface area contributed by atoms with Crippen molar-refractivity contribution >= 4 is 17.6 Å². The van der Waals surface area contributed by atoms with Gasteiger partial charge in [-0.15, -0.1) is 0 Å². The molecule has 19 heavy (non-hydrogen) atoms. The Hall–Kier alpha value is -2.11. The van der Waals surface area contributed by atoms with Gasteiger partial charge in [-0.05, 0) is 23.8 Å². The first-order valence-electron chi connectivity index (χ1n) is 5.36. The quantitative estimate of drug-likeness (QED) is 0.899. The number of halogens is 1. The topological polar surface area (TPSA) is 79.7 Å². The Morgan fingerprint density at radius 1 is 1.37 bits per heavy atom. The van der Waals surface area contributed by atoms with Gasteiger partial charge in [-0.2, -0.15) is 0 Å². The number of hydrogen-bond acceptors (Lipinski definition) is 4. The van der Waals surface area contributed by atoms with E-state index in [-0.39, 0.29) is 23.1 Å². The Bertz CT molecular complexity index is 615.